The van der Waals surface area contributed by atoms with Gasteiger partial charge in [-0.25, -0.2) is 0 Å². The van der Waals surface area contributed by atoms with Crippen LogP contribution in [0.2, 0.25) is 5.02 Å². The van der Waals surface area contributed by atoms with E-state index in [1.165, 1.54) is 0 Å². The summed E-state index contributed by atoms with van der Waals surface area (Å²) in [6.45, 7) is 3.94. The summed E-state index contributed by atoms with van der Waals surface area (Å²) in [5.41, 5.74) is -0.335. The third kappa shape index (κ3) is 6.63. The Morgan fingerprint density at radius 1 is 1.09 bits per heavy atom. The molecule has 33 heavy (non-hydrogen) atoms. The molecular weight excluding hydrogens is 508 g/mol. The molecule has 0 saturated carbocycles. The van der Waals surface area contributed by atoms with Crippen molar-refractivity contribution in [3.8, 4) is 11.5 Å². The summed E-state index contributed by atoms with van der Waals surface area (Å²) in [4.78, 5) is 14.7. The number of hydrogen-bond donors (Lipinski definition) is 2. The molecule has 0 bridgehead atoms. The molecule has 2 aromatic rings. The molecule has 2 aromatic carbocycles. The van der Waals surface area contributed by atoms with Gasteiger partial charge in [0.05, 0.1) is 11.6 Å². The number of amides is 1. The van der Waals surface area contributed by atoms with Gasteiger partial charge in [0.25, 0.3) is 5.91 Å². The summed E-state index contributed by atoms with van der Waals surface area (Å²) < 4.78 is 12.5. The van der Waals surface area contributed by atoms with Crippen LogP contribution >= 0.6 is 27.5 Å². The number of hydrogen-bond acceptors (Lipinski definition) is 5. The Balaban J connectivity index is 1.24. The highest BCUT2D eigenvalue weighted by atomic mass is 79.9. The number of benzene rings is 2. The number of carbonyl (C=O) groups excluding carboxylic acids is 1. The fourth-order valence-electron chi connectivity index (χ4n) is 4.19. The average Bonchev–Trinajstić information content (AvgIpc) is 2.85. The largest absolute Gasteiger partial charge is 0.493 e. The molecule has 0 atom stereocenters. The lowest BCUT2D eigenvalue weighted by molar-refractivity contribution is -0.0475. The van der Waals surface area contributed by atoms with Crippen molar-refractivity contribution < 1.29 is 19.4 Å². The quantitative estimate of drug-likeness (QED) is 0.543. The van der Waals surface area contributed by atoms with Crippen molar-refractivity contribution in [3.63, 3.8) is 0 Å². The first-order valence-corrected chi connectivity index (χ1v) is 12.6. The Morgan fingerprint density at radius 2 is 1.76 bits per heavy atom. The average molecular weight is 538 g/mol. The molecule has 1 amide bonds. The Labute approximate surface area is 208 Å². The van der Waals surface area contributed by atoms with Gasteiger partial charge in [0, 0.05) is 23.1 Å². The van der Waals surface area contributed by atoms with Crippen LogP contribution in [0.4, 0.5) is 0 Å². The van der Waals surface area contributed by atoms with Crippen molar-refractivity contribution in [3.05, 3.63) is 57.5 Å². The monoisotopic (exact) mass is 536 g/mol. The molecule has 8 heteroatoms. The van der Waals surface area contributed by atoms with E-state index in [1.807, 2.05) is 30.3 Å². The van der Waals surface area contributed by atoms with Crippen LogP contribution in [0.25, 0.3) is 0 Å². The lowest BCUT2D eigenvalue weighted by Gasteiger charge is -2.38. The first-order chi connectivity index (χ1) is 15.9. The molecule has 2 heterocycles. The van der Waals surface area contributed by atoms with Gasteiger partial charge in [-0.15, -0.1) is 0 Å². The number of likely N-dealkylation sites (tertiary alicyclic amines) is 1. The number of carbonyl (C=O) groups is 1. The smallest absolute Gasteiger partial charge is 0.253 e. The van der Waals surface area contributed by atoms with Crippen LogP contribution in [0.1, 0.15) is 36.0 Å². The van der Waals surface area contributed by atoms with Crippen molar-refractivity contribution in [2.75, 3.05) is 39.4 Å². The van der Waals surface area contributed by atoms with Gasteiger partial charge >= 0.3 is 0 Å². The second-order valence-electron chi connectivity index (χ2n) is 8.91. The minimum atomic E-state index is -0.970. The fourth-order valence-corrected chi connectivity index (χ4v) is 4.61. The molecule has 0 unspecified atom stereocenters. The van der Waals surface area contributed by atoms with Crippen LogP contribution in [0.3, 0.4) is 0 Å². The maximum Gasteiger partial charge on any atom is 0.253 e. The number of nitrogens with zero attached hydrogens (tertiary/aromatic N) is 1. The molecule has 2 aliphatic rings. The van der Waals surface area contributed by atoms with Gasteiger partial charge < -0.3 is 24.8 Å². The number of halogens is 2. The maximum absolute atomic E-state index is 12.9. The second-order valence-corrected chi connectivity index (χ2v) is 10.2. The zero-order valence-electron chi connectivity index (χ0n) is 18.6. The maximum atomic E-state index is 12.9. The van der Waals surface area contributed by atoms with Gasteiger partial charge in [-0.2, -0.15) is 0 Å². The summed E-state index contributed by atoms with van der Waals surface area (Å²) >= 11 is 9.45. The molecule has 0 radical (unpaired) electrons. The van der Waals surface area contributed by atoms with Crippen molar-refractivity contribution in [1.29, 1.82) is 0 Å². The predicted molar refractivity (Wildman–Crippen MR) is 132 cm³/mol. The van der Waals surface area contributed by atoms with E-state index in [2.05, 4.69) is 21.2 Å². The van der Waals surface area contributed by atoms with Crippen molar-refractivity contribution in [1.82, 2.24) is 10.2 Å². The lowest BCUT2D eigenvalue weighted by Crippen LogP contribution is -2.49. The first-order valence-electron chi connectivity index (χ1n) is 11.4. The van der Waals surface area contributed by atoms with E-state index in [0.717, 1.165) is 36.2 Å². The number of piperidine rings is 2. The van der Waals surface area contributed by atoms with E-state index in [4.69, 9.17) is 21.1 Å². The third-order valence-corrected chi connectivity index (χ3v) is 7.66. The highest BCUT2D eigenvalue weighted by Crippen LogP contribution is 2.29. The van der Waals surface area contributed by atoms with Gasteiger partial charge in [-0.05, 0) is 103 Å². The third-order valence-electron chi connectivity index (χ3n) is 6.43. The number of ether oxygens (including phenoxy) is 2. The molecule has 178 valence electrons. The molecule has 2 saturated heterocycles. The molecule has 0 aromatic heterocycles. The highest BCUT2D eigenvalue weighted by molar-refractivity contribution is 9.10. The van der Waals surface area contributed by atoms with E-state index >= 15 is 0 Å². The molecule has 6 nitrogen and oxygen atoms in total. The zero-order chi connectivity index (χ0) is 23.3. The van der Waals surface area contributed by atoms with Gasteiger partial charge in [0.1, 0.15) is 23.7 Å². The fraction of sp³-hybridized carbons (Fsp3) is 0.480. The summed E-state index contributed by atoms with van der Waals surface area (Å²) in [5.74, 6) is 1.97. The van der Waals surface area contributed by atoms with Crippen molar-refractivity contribution >= 4 is 33.4 Å². The topological polar surface area (TPSA) is 71.0 Å². The van der Waals surface area contributed by atoms with Crippen LogP contribution in [0.15, 0.2) is 46.9 Å². The van der Waals surface area contributed by atoms with Crippen molar-refractivity contribution in [2.45, 2.75) is 31.3 Å². The Morgan fingerprint density at radius 3 is 2.42 bits per heavy atom. The standard InChI is InChI=1S/C25H30BrClN2O4/c26-22-6-5-21(15-23(22)27)33-17-25(31)9-13-29(14-10-25)24(30)19-1-3-20(4-2-19)32-16-18-7-11-28-12-8-18/h1-6,15,18,28,31H,7-14,16-17H2. The molecule has 2 aliphatic heterocycles. The van der Waals surface area contributed by atoms with Crippen LogP contribution in [-0.4, -0.2) is 60.9 Å². The summed E-state index contributed by atoms with van der Waals surface area (Å²) in [5, 5.41) is 14.8. The van der Waals surface area contributed by atoms with E-state index in [-0.39, 0.29) is 12.5 Å². The van der Waals surface area contributed by atoms with Gasteiger partial charge in [0.2, 0.25) is 0 Å². The van der Waals surface area contributed by atoms with Gasteiger partial charge in [0.15, 0.2) is 0 Å². The summed E-state index contributed by atoms with van der Waals surface area (Å²) in [7, 11) is 0. The van der Waals surface area contributed by atoms with E-state index < -0.39 is 5.60 Å². The van der Waals surface area contributed by atoms with Gasteiger partial charge in [-0.3, -0.25) is 4.79 Å². The molecule has 0 aliphatic carbocycles. The van der Waals surface area contributed by atoms with Gasteiger partial charge in [-0.1, -0.05) is 11.6 Å². The highest BCUT2D eigenvalue weighted by Gasteiger charge is 2.35. The number of rotatable bonds is 7. The first kappa shape index (κ1) is 24.3. The van der Waals surface area contributed by atoms with E-state index in [1.54, 1.807) is 17.0 Å². The van der Waals surface area contributed by atoms with Crippen LogP contribution in [0.5, 0.6) is 11.5 Å². The predicted octanol–water partition coefficient (Wildman–Crippen LogP) is 4.53. The molecule has 2 N–H and O–H groups in total. The SMILES string of the molecule is O=C(c1ccc(OCC2CCNCC2)cc1)N1CCC(O)(COc2ccc(Br)c(Cl)c2)CC1. The van der Waals surface area contributed by atoms with Crippen LogP contribution in [0, 0.1) is 5.92 Å². The van der Waals surface area contributed by atoms with E-state index in [9.17, 15) is 9.90 Å². The summed E-state index contributed by atoms with van der Waals surface area (Å²) in [6.07, 6.45) is 3.19. The number of nitrogens with one attached hydrogen (secondary N) is 1. The van der Waals surface area contributed by atoms with E-state index in [0.29, 0.717) is 54.8 Å². The van der Waals surface area contributed by atoms with Crippen molar-refractivity contribution in [2.24, 2.45) is 5.92 Å². The Kier molecular flexibility index (Phi) is 8.17. The second kappa shape index (κ2) is 11.1. The molecule has 0 spiro atoms. The Bertz CT molecular complexity index is 942. The zero-order valence-corrected chi connectivity index (χ0v) is 20.9. The summed E-state index contributed by atoms with van der Waals surface area (Å²) in [6, 6.07) is 12.7. The Hall–Kier alpha value is -1.80. The normalized spacial score (nSPS) is 18.7. The van der Waals surface area contributed by atoms with Crippen LogP contribution < -0.4 is 14.8 Å². The minimum Gasteiger partial charge on any atom is -0.493 e. The molecule has 2 fully saturated rings. The minimum absolute atomic E-state index is 0.0254. The lowest BCUT2D eigenvalue weighted by atomic mass is 9.92. The number of aliphatic hydroxyl groups is 1. The van der Waals surface area contributed by atoms with Crippen LogP contribution in [-0.2, 0) is 0 Å². The molecule has 4 rings (SSSR count). The molecular formula is C25H30BrClN2O4.